The molecule has 170 valence electrons. The Labute approximate surface area is 196 Å². The second-order valence-electron chi connectivity index (χ2n) is 7.78. The molecule has 1 aliphatic heterocycles. The summed E-state index contributed by atoms with van der Waals surface area (Å²) in [7, 11) is -3.67. The first kappa shape index (κ1) is 23.1. The van der Waals surface area contributed by atoms with E-state index >= 15 is 0 Å². The van der Waals surface area contributed by atoms with Gasteiger partial charge in [-0.2, -0.15) is 9.57 Å². The van der Waals surface area contributed by atoms with Crippen molar-refractivity contribution in [1.29, 1.82) is 5.26 Å². The molecule has 2 heterocycles. The number of amides is 1. The van der Waals surface area contributed by atoms with E-state index in [0.29, 0.717) is 35.0 Å². The van der Waals surface area contributed by atoms with Crippen LogP contribution in [0.4, 0.5) is 5.13 Å². The van der Waals surface area contributed by atoms with Crippen molar-refractivity contribution >= 4 is 32.4 Å². The van der Waals surface area contributed by atoms with Gasteiger partial charge in [0, 0.05) is 29.6 Å². The molecule has 8 nitrogen and oxygen atoms in total. The first-order valence-electron chi connectivity index (χ1n) is 10.3. The predicted molar refractivity (Wildman–Crippen MR) is 125 cm³/mol. The van der Waals surface area contributed by atoms with Crippen molar-refractivity contribution in [2.45, 2.75) is 31.0 Å². The van der Waals surface area contributed by atoms with Crippen molar-refractivity contribution in [2.24, 2.45) is 0 Å². The monoisotopic (exact) mass is 482 g/mol. The summed E-state index contributed by atoms with van der Waals surface area (Å²) in [6.07, 6.45) is -0.359. The quantitative estimate of drug-likeness (QED) is 0.593. The summed E-state index contributed by atoms with van der Waals surface area (Å²) in [5.74, 6) is -0.381. The number of rotatable bonds is 5. The first-order chi connectivity index (χ1) is 15.8. The molecule has 3 aromatic rings. The van der Waals surface area contributed by atoms with Gasteiger partial charge < -0.3 is 4.74 Å². The van der Waals surface area contributed by atoms with Gasteiger partial charge in [0.2, 0.25) is 10.0 Å². The van der Waals surface area contributed by atoms with Crippen molar-refractivity contribution in [3.8, 4) is 17.3 Å². The zero-order valence-electron chi connectivity index (χ0n) is 18.1. The average molecular weight is 483 g/mol. The number of hydrogen-bond donors (Lipinski definition) is 1. The maximum atomic E-state index is 13.0. The van der Waals surface area contributed by atoms with Gasteiger partial charge in [-0.3, -0.25) is 10.1 Å². The molecule has 2 unspecified atom stereocenters. The highest BCUT2D eigenvalue weighted by molar-refractivity contribution is 7.89. The largest absolute Gasteiger partial charge is 0.373 e. The topological polar surface area (TPSA) is 112 Å². The highest BCUT2D eigenvalue weighted by atomic mass is 32.2. The Morgan fingerprint density at radius 1 is 1.12 bits per heavy atom. The van der Waals surface area contributed by atoms with Gasteiger partial charge in [0.15, 0.2) is 5.13 Å². The second kappa shape index (κ2) is 9.41. The fourth-order valence-corrected chi connectivity index (χ4v) is 5.91. The number of ether oxygens (including phenoxy) is 1. The van der Waals surface area contributed by atoms with Gasteiger partial charge in [-0.15, -0.1) is 11.3 Å². The number of aromatic nitrogens is 1. The minimum Gasteiger partial charge on any atom is -0.373 e. The Bertz CT molecular complexity index is 1290. The third-order valence-electron chi connectivity index (χ3n) is 5.17. The maximum Gasteiger partial charge on any atom is 0.257 e. The molecular weight excluding hydrogens is 460 g/mol. The third-order valence-corrected chi connectivity index (χ3v) is 7.78. The van der Waals surface area contributed by atoms with Crippen molar-refractivity contribution in [2.75, 3.05) is 18.4 Å². The van der Waals surface area contributed by atoms with E-state index in [1.807, 2.05) is 19.2 Å². The standard InChI is InChI=1S/C23H22N4O4S2/c1-15-12-27(13-16(2)31-15)33(29,30)20-9-7-19(8-10-20)22(28)26-23-25-21(14-32-23)18-5-3-17(11-24)4-6-18/h3-10,14-16H,12-13H2,1-2H3,(H,25,26,28). The number of nitriles is 1. The Hall–Kier alpha value is -3.10. The highest BCUT2D eigenvalue weighted by Crippen LogP contribution is 2.26. The summed E-state index contributed by atoms with van der Waals surface area (Å²) in [5.41, 5.74) is 2.42. The van der Waals surface area contributed by atoms with Crippen LogP contribution in [0.3, 0.4) is 0 Å². The molecule has 0 spiro atoms. The number of morpholine rings is 1. The van der Waals surface area contributed by atoms with Crippen LogP contribution in [0.2, 0.25) is 0 Å². The van der Waals surface area contributed by atoms with Crippen LogP contribution in [-0.2, 0) is 14.8 Å². The van der Waals surface area contributed by atoms with Gasteiger partial charge >= 0.3 is 0 Å². The Balaban J connectivity index is 1.44. The number of nitrogens with zero attached hydrogens (tertiary/aromatic N) is 3. The number of benzene rings is 2. The second-order valence-corrected chi connectivity index (χ2v) is 10.6. The van der Waals surface area contributed by atoms with E-state index in [2.05, 4.69) is 16.4 Å². The molecule has 2 aromatic carbocycles. The third kappa shape index (κ3) is 5.12. The molecule has 10 heteroatoms. The molecule has 33 heavy (non-hydrogen) atoms. The van der Waals surface area contributed by atoms with Crippen LogP contribution in [-0.4, -0.2) is 48.9 Å². The van der Waals surface area contributed by atoms with Crippen molar-refractivity contribution in [3.63, 3.8) is 0 Å². The lowest BCUT2D eigenvalue weighted by atomic mass is 10.1. The van der Waals surface area contributed by atoms with E-state index < -0.39 is 10.0 Å². The number of carbonyl (C=O) groups excluding carboxylic acids is 1. The lowest BCUT2D eigenvalue weighted by Gasteiger charge is -2.34. The summed E-state index contributed by atoms with van der Waals surface area (Å²) in [4.78, 5) is 17.2. The van der Waals surface area contributed by atoms with Crippen LogP contribution in [0.5, 0.6) is 0 Å². The van der Waals surface area contributed by atoms with Crippen LogP contribution >= 0.6 is 11.3 Å². The maximum absolute atomic E-state index is 13.0. The number of thiazole rings is 1. The summed E-state index contributed by atoms with van der Waals surface area (Å²) < 4.78 is 33.0. The van der Waals surface area contributed by atoms with Gasteiger partial charge in [-0.1, -0.05) is 12.1 Å². The minimum atomic E-state index is -3.67. The number of nitrogens with one attached hydrogen (secondary N) is 1. The zero-order valence-corrected chi connectivity index (χ0v) is 19.7. The van der Waals surface area contributed by atoms with Crippen molar-refractivity contribution in [1.82, 2.24) is 9.29 Å². The fraction of sp³-hybridized carbons (Fsp3) is 0.261. The van der Waals surface area contributed by atoms with Crippen LogP contribution in [0, 0.1) is 11.3 Å². The predicted octanol–water partition coefficient (Wildman–Crippen LogP) is 3.73. The normalized spacial score (nSPS) is 19.1. The van der Waals surface area contributed by atoms with E-state index in [4.69, 9.17) is 10.00 Å². The van der Waals surface area contributed by atoms with E-state index in [9.17, 15) is 13.2 Å². The molecule has 0 saturated carbocycles. The number of hydrogen-bond acceptors (Lipinski definition) is 7. The number of sulfonamides is 1. The summed E-state index contributed by atoms with van der Waals surface area (Å²) in [6.45, 7) is 4.27. The van der Waals surface area contributed by atoms with Gasteiger partial charge in [0.1, 0.15) is 0 Å². The summed E-state index contributed by atoms with van der Waals surface area (Å²) in [5, 5.41) is 13.9. The molecule has 1 amide bonds. The minimum absolute atomic E-state index is 0.137. The molecule has 1 aromatic heterocycles. The van der Waals surface area contributed by atoms with Gasteiger partial charge in [-0.05, 0) is 50.2 Å². The van der Waals surface area contributed by atoms with Crippen molar-refractivity contribution < 1.29 is 17.9 Å². The molecule has 1 aliphatic rings. The molecule has 2 atom stereocenters. The van der Waals surface area contributed by atoms with Gasteiger partial charge in [-0.25, -0.2) is 13.4 Å². The molecule has 4 rings (SSSR count). The Morgan fingerprint density at radius 3 is 2.36 bits per heavy atom. The Kier molecular flexibility index (Phi) is 6.58. The van der Waals surface area contributed by atoms with Crippen LogP contribution in [0.25, 0.3) is 11.3 Å². The smallest absolute Gasteiger partial charge is 0.257 e. The SMILES string of the molecule is CC1CN(S(=O)(=O)c2ccc(C(=O)Nc3nc(-c4ccc(C#N)cc4)cs3)cc2)CC(C)O1. The first-order valence-corrected chi connectivity index (χ1v) is 12.6. The number of anilines is 1. The van der Waals surface area contributed by atoms with E-state index in [1.54, 1.807) is 24.3 Å². The number of carbonyl (C=O) groups is 1. The summed E-state index contributed by atoms with van der Waals surface area (Å²) >= 11 is 1.28. The van der Waals surface area contributed by atoms with Crippen LogP contribution < -0.4 is 5.32 Å². The van der Waals surface area contributed by atoms with Crippen LogP contribution in [0.1, 0.15) is 29.8 Å². The molecular formula is C23H22N4O4S2. The lowest BCUT2D eigenvalue weighted by molar-refractivity contribution is -0.0440. The zero-order chi connectivity index (χ0) is 23.6. The van der Waals surface area contributed by atoms with E-state index in [1.165, 1.54) is 39.9 Å². The Morgan fingerprint density at radius 2 is 1.76 bits per heavy atom. The highest BCUT2D eigenvalue weighted by Gasteiger charge is 2.32. The summed E-state index contributed by atoms with van der Waals surface area (Å²) in [6, 6.07) is 15.0. The van der Waals surface area contributed by atoms with Crippen LogP contribution in [0.15, 0.2) is 58.8 Å². The molecule has 0 aliphatic carbocycles. The van der Waals surface area contributed by atoms with Gasteiger partial charge in [0.05, 0.1) is 34.4 Å². The molecule has 1 N–H and O–H groups in total. The molecule has 0 radical (unpaired) electrons. The lowest BCUT2D eigenvalue weighted by Crippen LogP contribution is -2.48. The van der Waals surface area contributed by atoms with E-state index in [-0.39, 0.29) is 23.0 Å². The van der Waals surface area contributed by atoms with E-state index in [0.717, 1.165) is 5.56 Å². The van der Waals surface area contributed by atoms with Crippen molar-refractivity contribution in [3.05, 3.63) is 65.0 Å². The molecule has 1 saturated heterocycles. The fourth-order valence-electron chi connectivity index (χ4n) is 3.60. The average Bonchev–Trinajstić information content (AvgIpc) is 3.27. The molecule has 1 fully saturated rings. The van der Waals surface area contributed by atoms with Gasteiger partial charge in [0.25, 0.3) is 5.91 Å². The molecule has 0 bridgehead atoms.